The molecule has 0 radical (unpaired) electrons. The van der Waals surface area contributed by atoms with Crippen LogP contribution in [0.4, 0.5) is 5.69 Å². The van der Waals surface area contributed by atoms with Gasteiger partial charge < -0.3 is 15.4 Å². The van der Waals surface area contributed by atoms with Crippen LogP contribution in [0.2, 0.25) is 0 Å². The first-order valence-electron chi connectivity index (χ1n) is 11.3. The molecule has 2 N–H and O–H groups in total. The van der Waals surface area contributed by atoms with Crippen LogP contribution in [-0.2, 0) is 7.05 Å². The van der Waals surface area contributed by atoms with E-state index in [9.17, 15) is 9.90 Å². The molecule has 0 saturated carbocycles. The van der Waals surface area contributed by atoms with Gasteiger partial charge in [0.1, 0.15) is 9.71 Å². The van der Waals surface area contributed by atoms with Gasteiger partial charge in [-0.2, -0.15) is 0 Å². The second kappa shape index (κ2) is 8.28. The molecule has 0 aliphatic carbocycles. The van der Waals surface area contributed by atoms with Gasteiger partial charge in [0, 0.05) is 10.9 Å². The lowest BCUT2D eigenvalue weighted by Crippen LogP contribution is -2.37. The lowest BCUT2D eigenvalue weighted by Gasteiger charge is -2.11. The van der Waals surface area contributed by atoms with E-state index in [-0.39, 0.29) is 16.3 Å². The zero-order valence-electron chi connectivity index (χ0n) is 19.5. The summed E-state index contributed by atoms with van der Waals surface area (Å²) in [6.45, 7) is 2.03. The Kier molecular flexibility index (Phi) is 5.05. The van der Waals surface area contributed by atoms with Crippen molar-refractivity contribution in [2.45, 2.75) is 6.92 Å². The predicted octanol–water partition coefficient (Wildman–Crippen LogP) is 4.79. The highest BCUT2D eigenvalue weighted by Gasteiger charge is 2.30. The maximum Gasteiger partial charge on any atom is 0.305 e. The molecule has 36 heavy (non-hydrogen) atoms. The quantitative estimate of drug-likeness (QED) is 0.280. The number of aromatic nitrogens is 3. The third-order valence-corrected chi connectivity index (χ3v) is 7.41. The highest BCUT2D eigenvalue weighted by atomic mass is 32.1. The van der Waals surface area contributed by atoms with Crippen molar-refractivity contribution in [3.63, 3.8) is 0 Å². The van der Waals surface area contributed by atoms with E-state index in [1.807, 2.05) is 61.5 Å². The predicted molar refractivity (Wildman–Crippen MR) is 138 cm³/mol. The minimum atomic E-state index is -0.803. The smallest absolute Gasteiger partial charge is 0.305 e. The number of pyridine rings is 1. The van der Waals surface area contributed by atoms with Gasteiger partial charge in [-0.15, -0.1) is 11.3 Å². The maximum absolute atomic E-state index is 13.3. The van der Waals surface area contributed by atoms with Crippen molar-refractivity contribution in [3.8, 4) is 28.3 Å². The van der Waals surface area contributed by atoms with Crippen LogP contribution in [0.15, 0.2) is 77.3 Å². The third kappa shape index (κ3) is 3.42. The normalized spacial score (nSPS) is 11.4. The number of rotatable bonds is 4. The number of hydrogen-bond acceptors (Lipinski definition) is 7. The van der Waals surface area contributed by atoms with E-state index in [2.05, 4.69) is 28.0 Å². The fraction of sp³-hybridized carbons (Fsp3) is 0.0714. The molecule has 0 atom stereocenters. The Morgan fingerprint density at radius 1 is 1.03 bits per heavy atom. The Bertz CT molecular complexity index is 1780. The molecule has 0 aliphatic rings. The summed E-state index contributed by atoms with van der Waals surface area (Å²) in [4.78, 5) is 19.1. The summed E-state index contributed by atoms with van der Waals surface area (Å²) in [6, 6.07) is 24.4. The van der Waals surface area contributed by atoms with Crippen LogP contribution in [-0.4, -0.2) is 16.0 Å². The van der Waals surface area contributed by atoms with Gasteiger partial charge in [0.15, 0.2) is 13.0 Å². The molecule has 0 aliphatic heterocycles. The van der Waals surface area contributed by atoms with Crippen LogP contribution in [0.1, 0.15) is 20.9 Å². The molecule has 176 valence electrons. The second-order valence-electron chi connectivity index (χ2n) is 8.63. The molecule has 8 heteroatoms. The van der Waals surface area contributed by atoms with Gasteiger partial charge in [0.2, 0.25) is 0 Å². The number of carbonyl (C=O) groups excluding carboxylic acids is 1. The van der Waals surface area contributed by atoms with E-state index in [4.69, 9.17) is 10.7 Å². The monoisotopic (exact) mass is 492 g/mol. The van der Waals surface area contributed by atoms with Crippen molar-refractivity contribution >= 4 is 43.8 Å². The summed E-state index contributed by atoms with van der Waals surface area (Å²) in [5.74, 6) is -1.34. The molecule has 0 fully saturated rings. The number of thiophene rings is 1. The Morgan fingerprint density at radius 3 is 2.53 bits per heavy atom. The summed E-state index contributed by atoms with van der Waals surface area (Å²) >= 11 is 1.17. The fourth-order valence-electron chi connectivity index (χ4n) is 4.50. The van der Waals surface area contributed by atoms with Gasteiger partial charge in [0.25, 0.3) is 5.78 Å². The topological polar surface area (TPSA) is 109 Å². The van der Waals surface area contributed by atoms with Gasteiger partial charge in [-0.25, -0.2) is 4.98 Å². The van der Waals surface area contributed by atoms with Gasteiger partial charge in [-0.3, -0.25) is 4.79 Å². The van der Waals surface area contributed by atoms with Crippen LogP contribution >= 0.6 is 11.3 Å². The first kappa shape index (κ1) is 21.9. The molecule has 3 aromatic heterocycles. The average molecular weight is 493 g/mol. The Balaban J connectivity index is 1.65. The third-order valence-electron chi connectivity index (χ3n) is 6.31. The molecule has 6 aromatic rings. The van der Waals surface area contributed by atoms with Crippen LogP contribution in [0.3, 0.4) is 0 Å². The van der Waals surface area contributed by atoms with Crippen molar-refractivity contribution in [1.29, 1.82) is 0 Å². The SMILES string of the molecule is Cc1ccc(-c2cc(-c3cccc4ccccc34)nc3sc(C(=O)c4c([O-])on[n+]4C)c(N)c23)cc1. The van der Waals surface area contributed by atoms with Gasteiger partial charge in [-0.1, -0.05) is 77.0 Å². The molecule has 0 amide bonds. The standard InChI is InChI=1S/C28H20N4O3S/c1-15-10-12-17(13-11-15)20-14-21(19-9-5-7-16-6-3-4-8-18(16)19)30-27-22(20)23(29)26(36-27)25(33)24-28(34)35-31-32(24)2/h3-14H,1-2H3,(H2-,29,31,33,34). The molecular formula is C28H20N4O3S. The number of hydrogen-bond donors (Lipinski definition) is 1. The number of nitrogens with zero attached hydrogens (tertiary/aromatic N) is 3. The van der Waals surface area contributed by atoms with Crippen LogP contribution in [0, 0.1) is 6.92 Å². The number of nitrogen functional groups attached to an aromatic ring is 1. The summed E-state index contributed by atoms with van der Waals surface area (Å²) in [6.07, 6.45) is 0. The number of benzene rings is 3. The minimum absolute atomic E-state index is 0.181. The number of nitrogens with two attached hydrogens (primary N) is 1. The summed E-state index contributed by atoms with van der Waals surface area (Å²) < 4.78 is 5.79. The highest BCUT2D eigenvalue weighted by Crippen LogP contribution is 2.43. The number of aryl methyl sites for hydroxylation is 2. The van der Waals surface area contributed by atoms with Gasteiger partial charge in [0.05, 0.1) is 16.7 Å². The van der Waals surface area contributed by atoms with Crippen LogP contribution in [0.25, 0.3) is 43.4 Å². The fourth-order valence-corrected chi connectivity index (χ4v) is 5.56. The number of carbonyl (C=O) groups is 1. The lowest BCUT2D eigenvalue weighted by atomic mass is 9.96. The summed E-state index contributed by atoms with van der Waals surface area (Å²) in [5.41, 5.74) is 11.4. The minimum Gasteiger partial charge on any atom is -0.539 e. The molecule has 7 nitrogen and oxygen atoms in total. The van der Waals surface area contributed by atoms with Crippen molar-refractivity contribution in [1.82, 2.24) is 10.3 Å². The summed E-state index contributed by atoms with van der Waals surface area (Å²) in [5, 5.41) is 18.6. The van der Waals surface area contributed by atoms with E-state index < -0.39 is 11.7 Å². The first-order chi connectivity index (χ1) is 17.4. The number of ketones is 1. The molecule has 6 rings (SSSR count). The van der Waals surface area contributed by atoms with E-state index >= 15 is 0 Å². The largest absolute Gasteiger partial charge is 0.539 e. The Hall–Kier alpha value is -4.56. The molecule has 0 saturated heterocycles. The molecule has 3 heterocycles. The van der Waals surface area contributed by atoms with Crippen LogP contribution in [0.5, 0.6) is 5.95 Å². The Labute approximate surface area is 210 Å². The Morgan fingerprint density at radius 2 is 1.78 bits per heavy atom. The highest BCUT2D eigenvalue weighted by molar-refractivity contribution is 7.21. The van der Waals surface area contributed by atoms with Gasteiger partial charge in [-0.05, 0) is 34.9 Å². The van der Waals surface area contributed by atoms with E-state index in [0.29, 0.717) is 10.2 Å². The van der Waals surface area contributed by atoms with Crippen molar-refractivity contribution in [2.75, 3.05) is 5.73 Å². The molecule has 0 bridgehead atoms. The maximum atomic E-state index is 13.3. The summed E-state index contributed by atoms with van der Waals surface area (Å²) in [7, 11) is 1.48. The van der Waals surface area contributed by atoms with Crippen molar-refractivity contribution in [3.05, 3.63) is 88.9 Å². The first-order valence-corrected chi connectivity index (χ1v) is 12.1. The zero-order chi connectivity index (χ0) is 25.0. The van der Waals surface area contributed by atoms with Crippen molar-refractivity contribution < 1.29 is 19.1 Å². The molecular weight excluding hydrogens is 472 g/mol. The van der Waals surface area contributed by atoms with E-state index in [1.54, 1.807) is 0 Å². The van der Waals surface area contributed by atoms with Gasteiger partial charge >= 0.3 is 5.69 Å². The molecule has 0 spiro atoms. The molecule has 3 aromatic carbocycles. The second-order valence-corrected chi connectivity index (χ2v) is 9.63. The zero-order valence-corrected chi connectivity index (χ0v) is 20.3. The molecule has 0 unspecified atom stereocenters. The van der Waals surface area contributed by atoms with E-state index in [0.717, 1.165) is 43.4 Å². The van der Waals surface area contributed by atoms with E-state index in [1.165, 1.54) is 18.4 Å². The average Bonchev–Trinajstić information content (AvgIpc) is 3.41. The number of fused-ring (bicyclic) bond motifs is 2. The van der Waals surface area contributed by atoms with Crippen LogP contribution < -0.4 is 15.5 Å². The van der Waals surface area contributed by atoms with Crippen molar-refractivity contribution in [2.24, 2.45) is 7.05 Å². The lowest BCUT2D eigenvalue weighted by molar-refractivity contribution is -0.741. The number of anilines is 1.